The first kappa shape index (κ1) is 16.3. The standard InChI is InChI=1S/C21H21N3S/c1-2-4-20-16-24(15-19(20)3-1)25-21-7-5-17(6-8-21)13-23-14-18-9-11-22-12-10-18/h1-12,23H,13-16H2. The molecule has 0 radical (unpaired) electrons. The zero-order valence-corrected chi connectivity index (χ0v) is 14.9. The predicted octanol–water partition coefficient (Wildman–Crippen LogP) is 4.39. The molecule has 0 aliphatic carbocycles. The average molecular weight is 347 g/mol. The van der Waals surface area contributed by atoms with Gasteiger partial charge in [0.2, 0.25) is 0 Å². The molecule has 0 atom stereocenters. The van der Waals surface area contributed by atoms with Gasteiger partial charge in [-0.3, -0.25) is 4.98 Å². The van der Waals surface area contributed by atoms with Crippen LogP contribution in [0.2, 0.25) is 0 Å². The Morgan fingerprint density at radius 2 is 1.40 bits per heavy atom. The van der Waals surface area contributed by atoms with Gasteiger partial charge in [0.05, 0.1) is 0 Å². The van der Waals surface area contributed by atoms with Crippen molar-refractivity contribution in [3.63, 3.8) is 0 Å². The van der Waals surface area contributed by atoms with Crippen LogP contribution in [-0.4, -0.2) is 9.29 Å². The molecule has 0 spiro atoms. The van der Waals surface area contributed by atoms with Crippen LogP contribution >= 0.6 is 11.9 Å². The normalized spacial score (nSPS) is 13.8. The maximum Gasteiger partial charge on any atom is 0.0351 e. The lowest BCUT2D eigenvalue weighted by Crippen LogP contribution is -2.12. The molecule has 1 aliphatic heterocycles. The van der Waals surface area contributed by atoms with Gasteiger partial charge in [-0.25, -0.2) is 4.31 Å². The van der Waals surface area contributed by atoms with Crippen molar-refractivity contribution in [2.75, 3.05) is 0 Å². The van der Waals surface area contributed by atoms with Gasteiger partial charge in [0, 0.05) is 43.5 Å². The van der Waals surface area contributed by atoms with Gasteiger partial charge in [-0.2, -0.15) is 0 Å². The summed E-state index contributed by atoms with van der Waals surface area (Å²) in [5, 5.41) is 3.48. The fourth-order valence-corrected chi connectivity index (χ4v) is 4.00. The first-order valence-corrected chi connectivity index (χ1v) is 9.32. The Kier molecular flexibility index (Phi) is 5.11. The molecule has 2 aromatic carbocycles. The van der Waals surface area contributed by atoms with Crippen LogP contribution < -0.4 is 5.32 Å². The fourth-order valence-electron chi connectivity index (χ4n) is 3.04. The summed E-state index contributed by atoms with van der Waals surface area (Å²) >= 11 is 1.84. The van der Waals surface area contributed by atoms with Crippen molar-refractivity contribution in [2.45, 2.75) is 31.1 Å². The molecule has 25 heavy (non-hydrogen) atoms. The molecule has 1 aromatic heterocycles. The van der Waals surface area contributed by atoms with Crippen LogP contribution in [0.25, 0.3) is 0 Å². The molecular formula is C21H21N3S. The summed E-state index contributed by atoms with van der Waals surface area (Å²) in [7, 11) is 0. The van der Waals surface area contributed by atoms with E-state index in [2.05, 4.69) is 63.1 Å². The molecule has 1 N–H and O–H groups in total. The van der Waals surface area contributed by atoms with E-state index in [4.69, 9.17) is 0 Å². The monoisotopic (exact) mass is 347 g/mol. The molecule has 0 saturated heterocycles. The number of hydrogen-bond donors (Lipinski definition) is 1. The van der Waals surface area contributed by atoms with Gasteiger partial charge in [0.1, 0.15) is 0 Å². The highest BCUT2D eigenvalue weighted by Gasteiger charge is 2.18. The molecule has 4 rings (SSSR count). The molecule has 3 aromatic rings. The molecule has 0 fully saturated rings. The Labute approximate surface area is 153 Å². The Morgan fingerprint density at radius 1 is 0.800 bits per heavy atom. The van der Waals surface area contributed by atoms with Gasteiger partial charge in [-0.15, -0.1) is 0 Å². The fraction of sp³-hybridized carbons (Fsp3) is 0.190. The van der Waals surface area contributed by atoms with Crippen LogP contribution in [-0.2, 0) is 26.2 Å². The Morgan fingerprint density at radius 3 is 2.04 bits per heavy atom. The summed E-state index contributed by atoms with van der Waals surface area (Å²) in [6, 6.07) is 21.7. The van der Waals surface area contributed by atoms with Crippen molar-refractivity contribution in [3.05, 3.63) is 95.3 Å². The lowest BCUT2D eigenvalue weighted by Gasteiger charge is -2.13. The summed E-state index contributed by atoms with van der Waals surface area (Å²) < 4.78 is 2.42. The number of nitrogens with zero attached hydrogens (tertiary/aromatic N) is 2. The van der Waals surface area contributed by atoms with E-state index in [0.717, 1.165) is 26.2 Å². The molecule has 0 bridgehead atoms. The Hall–Kier alpha value is -2.14. The van der Waals surface area contributed by atoms with Gasteiger partial charge < -0.3 is 5.32 Å². The lowest BCUT2D eigenvalue weighted by molar-refractivity contribution is 0.509. The predicted molar refractivity (Wildman–Crippen MR) is 103 cm³/mol. The zero-order chi connectivity index (χ0) is 16.9. The largest absolute Gasteiger partial charge is 0.309 e. The van der Waals surface area contributed by atoms with Gasteiger partial charge in [-0.05, 0) is 58.5 Å². The topological polar surface area (TPSA) is 28.2 Å². The van der Waals surface area contributed by atoms with Crippen LogP contribution in [0.4, 0.5) is 0 Å². The molecule has 4 heteroatoms. The van der Waals surface area contributed by atoms with Crippen molar-refractivity contribution < 1.29 is 0 Å². The lowest BCUT2D eigenvalue weighted by atomic mass is 10.1. The van der Waals surface area contributed by atoms with Crippen LogP contribution in [0.1, 0.15) is 22.3 Å². The van der Waals surface area contributed by atoms with E-state index in [1.807, 2.05) is 36.5 Å². The van der Waals surface area contributed by atoms with Gasteiger partial charge in [0.15, 0.2) is 0 Å². The maximum atomic E-state index is 4.04. The second-order valence-electron chi connectivity index (χ2n) is 6.26. The van der Waals surface area contributed by atoms with E-state index in [0.29, 0.717) is 0 Å². The number of fused-ring (bicyclic) bond motifs is 1. The van der Waals surface area contributed by atoms with Crippen LogP contribution in [0, 0.1) is 0 Å². The third-order valence-corrected chi connectivity index (χ3v) is 5.38. The van der Waals surface area contributed by atoms with Gasteiger partial charge >= 0.3 is 0 Å². The quantitative estimate of drug-likeness (QED) is 0.669. The SMILES string of the molecule is c1ccc2c(c1)CN(Sc1ccc(CNCc3ccncc3)cc1)C2. The molecule has 0 amide bonds. The first-order valence-electron chi connectivity index (χ1n) is 8.55. The summed E-state index contributed by atoms with van der Waals surface area (Å²) in [4.78, 5) is 5.34. The van der Waals surface area contributed by atoms with Crippen molar-refractivity contribution in [3.8, 4) is 0 Å². The number of hydrogen-bond acceptors (Lipinski definition) is 4. The third kappa shape index (κ3) is 4.28. The van der Waals surface area contributed by atoms with Crippen molar-refractivity contribution in [1.82, 2.24) is 14.6 Å². The van der Waals surface area contributed by atoms with Crippen LogP contribution in [0.15, 0.2) is 78.0 Å². The summed E-state index contributed by atoms with van der Waals surface area (Å²) in [5.74, 6) is 0. The third-order valence-electron chi connectivity index (χ3n) is 4.38. The van der Waals surface area contributed by atoms with E-state index >= 15 is 0 Å². The van der Waals surface area contributed by atoms with Crippen LogP contribution in [0.5, 0.6) is 0 Å². The molecule has 2 heterocycles. The van der Waals surface area contributed by atoms with Crippen molar-refractivity contribution in [2.24, 2.45) is 0 Å². The number of benzene rings is 2. The van der Waals surface area contributed by atoms with E-state index < -0.39 is 0 Å². The zero-order valence-electron chi connectivity index (χ0n) is 14.1. The minimum Gasteiger partial charge on any atom is -0.309 e. The summed E-state index contributed by atoms with van der Waals surface area (Å²) in [6.45, 7) is 3.79. The molecule has 0 saturated carbocycles. The highest BCUT2D eigenvalue weighted by atomic mass is 32.2. The maximum absolute atomic E-state index is 4.04. The summed E-state index contributed by atoms with van der Waals surface area (Å²) in [5.41, 5.74) is 5.47. The van der Waals surface area contributed by atoms with Crippen molar-refractivity contribution in [1.29, 1.82) is 0 Å². The van der Waals surface area contributed by atoms with E-state index in [-0.39, 0.29) is 0 Å². The van der Waals surface area contributed by atoms with E-state index in [9.17, 15) is 0 Å². The number of nitrogens with one attached hydrogen (secondary N) is 1. The number of aromatic nitrogens is 1. The summed E-state index contributed by atoms with van der Waals surface area (Å²) in [6.07, 6.45) is 3.67. The molecule has 3 nitrogen and oxygen atoms in total. The minimum absolute atomic E-state index is 0.866. The molecule has 0 unspecified atom stereocenters. The highest BCUT2D eigenvalue weighted by Crippen LogP contribution is 2.32. The van der Waals surface area contributed by atoms with Crippen molar-refractivity contribution >= 4 is 11.9 Å². The molecule has 126 valence electrons. The second-order valence-corrected chi connectivity index (χ2v) is 7.43. The minimum atomic E-state index is 0.866. The Balaban J connectivity index is 1.28. The van der Waals surface area contributed by atoms with E-state index in [1.165, 1.54) is 27.1 Å². The first-order chi connectivity index (χ1) is 12.4. The van der Waals surface area contributed by atoms with E-state index in [1.54, 1.807) is 0 Å². The van der Waals surface area contributed by atoms with Gasteiger partial charge in [-0.1, -0.05) is 36.4 Å². The molecular weight excluding hydrogens is 326 g/mol. The highest BCUT2D eigenvalue weighted by molar-refractivity contribution is 7.97. The Bertz CT molecular complexity index is 793. The number of rotatable bonds is 6. The molecule has 1 aliphatic rings. The van der Waals surface area contributed by atoms with Gasteiger partial charge in [0.25, 0.3) is 0 Å². The average Bonchev–Trinajstić information content (AvgIpc) is 3.06. The smallest absolute Gasteiger partial charge is 0.0351 e. The van der Waals surface area contributed by atoms with Crippen LogP contribution in [0.3, 0.4) is 0 Å². The second kappa shape index (κ2) is 7.83. The number of pyridine rings is 1.